The summed E-state index contributed by atoms with van der Waals surface area (Å²) in [5.74, 6) is -0.578. The minimum atomic E-state index is -0.578. The highest BCUT2D eigenvalue weighted by Crippen LogP contribution is 2.19. The maximum Gasteiger partial charge on any atom is 0.267 e. The van der Waals surface area contributed by atoms with Crippen LogP contribution in [0.2, 0.25) is 0 Å². The van der Waals surface area contributed by atoms with Crippen LogP contribution in [0, 0.1) is 0 Å². The summed E-state index contributed by atoms with van der Waals surface area (Å²) in [6.07, 6.45) is 2.77. The van der Waals surface area contributed by atoms with Gasteiger partial charge in [0.05, 0.1) is 11.4 Å². The van der Waals surface area contributed by atoms with Gasteiger partial charge in [-0.05, 0) is 23.8 Å². The molecule has 1 aromatic carbocycles. The van der Waals surface area contributed by atoms with Crippen LogP contribution in [0.1, 0.15) is 5.56 Å². The molecule has 0 aliphatic carbocycles. The molecule has 1 aromatic rings. The van der Waals surface area contributed by atoms with Crippen LogP contribution in [-0.4, -0.2) is 18.2 Å². The molecule has 0 heterocycles. The Kier molecular flexibility index (Phi) is 3.70. The van der Waals surface area contributed by atoms with Crippen molar-refractivity contribution in [2.24, 2.45) is 0 Å². The van der Waals surface area contributed by atoms with Crippen LogP contribution in [0.25, 0.3) is 6.08 Å². The average molecular weight is 207 g/mol. The molecule has 1 rings (SSSR count). The molecule has 5 nitrogen and oxygen atoms in total. The Hall–Kier alpha value is -2.01. The number of hydroxylamine groups is 1. The van der Waals surface area contributed by atoms with Crippen molar-refractivity contribution >= 4 is 23.4 Å². The maximum absolute atomic E-state index is 10.7. The SMILES string of the molecule is CNc1ccc(C=CC(=O)NO)cc1N. The van der Waals surface area contributed by atoms with Gasteiger partial charge in [-0.3, -0.25) is 10.0 Å². The molecule has 0 saturated heterocycles. The second kappa shape index (κ2) is 5.02. The first-order valence-electron chi connectivity index (χ1n) is 4.37. The van der Waals surface area contributed by atoms with Crippen molar-refractivity contribution in [3.63, 3.8) is 0 Å². The highest BCUT2D eigenvalue weighted by atomic mass is 16.5. The Morgan fingerprint density at radius 1 is 1.53 bits per heavy atom. The molecular formula is C10H13N3O2. The third-order valence-electron chi connectivity index (χ3n) is 1.88. The van der Waals surface area contributed by atoms with Crippen molar-refractivity contribution in [1.29, 1.82) is 0 Å². The number of benzene rings is 1. The molecule has 5 N–H and O–H groups in total. The lowest BCUT2D eigenvalue weighted by Crippen LogP contribution is -2.14. The Bertz CT molecular complexity index is 388. The Morgan fingerprint density at radius 2 is 2.27 bits per heavy atom. The molecule has 0 aliphatic heterocycles. The number of carbonyl (C=O) groups excluding carboxylic acids is 1. The van der Waals surface area contributed by atoms with E-state index in [0.29, 0.717) is 5.69 Å². The fourth-order valence-corrected chi connectivity index (χ4v) is 1.12. The number of nitrogen functional groups attached to an aromatic ring is 1. The van der Waals surface area contributed by atoms with Crippen LogP contribution >= 0.6 is 0 Å². The lowest BCUT2D eigenvalue weighted by Gasteiger charge is -2.04. The van der Waals surface area contributed by atoms with Gasteiger partial charge in [0.1, 0.15) is 0 Å². The van der Waals surface area contributed by atoms with Gasteiger partial charge >= 0.3 is 0 Å². The average Bonchev–Trinajstić information content (AvgIpc) is 2.26. The molecule has 0 spiro atoms. The van der Waals surface area contributed by atoms with Crippen molar-refractivity contribution in [2.75, 3.05) is 18.1 Å². The second-order valence-electron chi connectivity index (χ2n) is 2.91. The van der Waals surface area contributed by atoms with E-state index in [1.165, 1.54) is 11.6 Å². The number of carbonyl (C=O) groups is 1. The molecule has 0 bridgehead atoms. The standard InChI is InChI=1S/C10H13N3O2/c1-12-9-4-2-7(6-8(9)11)3-5-10(14)13-15/h2-6,12,15H,11H2,1H3,(H,13,14). The smallest absolute Gasteiger partial charge is 0.267 e. The van der Waals surface area contributed by atoms with Crippen LogP contribution in [0.5, 0.6) is 0 Å². The first kappa shape index (κ1) is 11.1. The van der Waals surface area contributed by atoms with Crippen molar-refractivity contribution < 1.29 is 10.0 Å². The van der Waals surface area contributed by atoms with E-state index in [1.54, 1.807) is 19.2 Å². The molecule has 5 heteroatoms. The topological polar surface area (TPSA) is 87.4 Å². The van der Waals surface area contributed by atoms with Gasteiger partial charge in [0.15, 0.2) is 0 Å². The summed E-state index contributed by atoms with van der Waals surface area (Å²) >= 11 is 0. The molecule has 0 saturated carbocycles. The van der Waals surface area contributed by atoms with E-state index in [9.17, 15) is 4.79 Å². The van der Waals surface area contributed by atoms with Crippen LogP contribution in [0.3, 0.4) is 0 Å². The zero-order chi connectivity index (χ0) is 11.3. The molecule has 15 heavy (non-hydrogen) atoms. The van der Waals surface area contributed by atoms with Crippen LogP contribution in [-0.2, 0) is 4.79 Å². The number of hydrogen-bond acceptors (Lipinski definition) is 4. The van der Waals surface area contributed by atoms with E-state index < -0.39 is 5.91 Å². The summed E-state index contributed by atoms with van der Waals surface area (Å²) in [5, 5.41) is 11.2. The number of nitrogens with one attached hydrogen (secondary N) is 2. The predicted molar refractivity (Wildman–Crippen MR) is 59.4 cm³/mol. The van der Waals surface area contributed by atoms with Gasteiger partial charge in [0.2, 0.25) is 0 Å². The molecule has 0 fully saturated rings. The van der Waals surface area contributed by atoms with E-state index in [4.69, 9.17) is 10.9 Å². The molecular weight excluding hydrogens is 194 g/mol. The zero-order valence-electron chi connectivity index (χ0n) is 8.32. The monoisotopic (exact) mass is 207 g/mol. The highest BCUT2D eigenvalue weighted by Gasteiger charge is 1.97. The first-order chi connectivity index (χ1) is 7.17. The number of amides is 1. The predicted octanol–water partition coefficient (Wildman–Crippen LogP) is 0.829. The minimum absolute atomic E-state index is 0.578. The van der Waals surface area contributed by atoms with Gasteiger partial charge in [0, 0.05) is 13.1 Å². The second-order valence-corrected chi connectivity index (χ2v) is 2.91. The summed E-state index contributed by atoms with van der Waals surface area (Å²) in [7, 11) is 1.78. The van der Waals surface area contributed by atoms with Crippen molar-refractivity contribution in [3.8, 4) is 0 Å². The number of anilines is 2. The van der Waals surface area contributed by atoms with Gasteiger partial charge in [0.25, 0.3) is 5.91 Å². The van der Waals surface area contributed by atoms with Gasteiger partial charge in [-0.1, -0.05) is 6.07 Å². The molecule has 0 radical (unpaired) electrons. The summed E-state index contributed by atoms with van der Waals surface area (Å²) in [6, 6.07) is 5.35. The van der Waals surface area contributed by atoms with Crippen LogP contribution < -0.4 is 16.5 Å². The van der Waals surface area contributed by atoms with E-state index in [-0.39, 0.29) is 0 Å². The van der Waals surface area contributed by atoms with Crippen molar-refractivity contribution in [3.05, 3.63) is 29.8 Å². The van der Waals surface area contributed by atoms with Gasteiger partial charge in [-0.25, -0.2) is 5.48 Å². The van der Waals surface area contributed by atoms with E-state index in [1.807, 2.05) is 12.1 Å². The highest BCUT2D eigenvalue weighted by molar-refractivity contribution is 5.91. The normalized spacial score (nSPS) is 10.3. The van der Waals surface area contributed by atoms with E-state index >= 15 is 0 Å². The Labute approximate surface area is 87.6 Å². The quantitative estimate of drug-likeness (QED) is 0.256. The number of nitrogens with two attached hydrogens (primary N) is 1. The Morgan fingerprint density at radius 3 is 2.80 bits per heavy atom. The number of hydrogen-bond donors (Lipinski definition) is 4. The maximum atomic E-state index is 10.7. The zero-order valence-corrected chi connectivity index (χ0v) is 8.32. The van der Waals surface area contributed by atoms with Gasteiger partial charge in [-0.2, -0.15) is 0 Å². The summed E-state index contributed by atoms with van der Waals surface area (Å²) in [4.78, 5) is 10.7. The fraction of sp³-hybridized carbons (Fsp3) is 0.100. The van der Waals surface area contributed by atoms with E-state index in [0.717, 1.165) is 11.3 Å². The van der Waals surface area contributed by atoms with Gasteiger partial charge in [-0.15, -0.1) is 0 Å². The Balaban J connectivity index is 2.84. The lowest BCUT2D eigenvalue weighted by molar-refractivity contribution is -0.124. The summed E-state index contributed by atoms with van der Waals surface area (Å²) < 4.78 is 0. The molecule has 0 unspecified atom stereocenters. The van der Waals surface area contributed by atoms with Crippen LogP contribution in [0.4, 0.5) is 11.4 Å². The van der Waals surface area contributed by atoms with Crippen LogP contribution in [0.15, 0.2) is 24.3 Å². The summed E-state index contributed by atoms with van der Waals surface area (Å²) in [6.45, 7) is 0. The third-order valence-corrected chi connectivity index (χ3v) is 1.88. The molecule has 0 aliphatic rings. The van der Waals surface area contributed by atoms with Crippen molar-refractivity contribution in [1.82, 2.24) is 5.48 Å². The van der Waals surface area contributed by atoms with E-state index in [2.05, 4.69) is 5.32 Å². The molecule has 1 amide bonds. The molecule has 0 aromatic heterocycles. The largest absolute Gasteiger partial charge is 0.397 e. The first-order valence-corrected chi connectivity index (χ1v) is 4.37. The minimum Gasteiger partial charge on any atom is -0.397 e. The lowest BCUT2D eigenvalue weighted by atomic mass is 10.1. The third kappa shape index (κ3) is 2.99. The van der Waals surface area contributed by atoms with Gasteiger partial charge < -0.3 is 11.1 Å². The number of rotatable bonds is 3. The summed E-state index contributed by atoms with van der Waals surface area (Å²) in [5.41, 5.74) is 9.45. The van der Waals surface area contributed by atoms with Crippen molar-refractivity contribution in [2.45, 2.75) is 0 Å². The fourth-order valence-electron chi connectivity index (χ4n) is 1.12. The molecule has 80 valence electrons. The molecule has 0 atom stereocenters.